The van der Waals surface area contributed by atoms with Crippen molar-refractivity contribution in [2.45, 2.75) is 66.8 Å². The number of aromatic nitrogens is 2. The van der Waals surface area contributed by atoms with Crippen LogP contribution in [0.3, 0.4) is 0 Å². The average Bonchev–Trinajstić information content (AvgIpc) is 3.29. The van der Waals surface area contributed by atoms with Crippen LogP contribution in [0.1, 0.15) is 83.2 Å². The van der Waals surface area contributed by atoms with Gasteiger partial charge in [-0.25, -0.2) is 9.37 Å². The number of hydrogen-bond acceptors (Lipinski definition) is 4. The van der Waals surface area contributed by atoms with Gasteiger partial charge in [0.05, 0.1) is 17.4 Å². The molecule has 1 aromatic heterocycles. The van der Waals surface area contributed by atoms with Crippen molar-refractivity contribution >= 4 is 23.1 Å². The summed E-state index contributed by atoms with van der Waals surface area (Å²) in [5, 5.41) is 8.45. The summed E-state index contributed by atoms with van der Waals surface area (Å²) in [4.78, 5) is 37.6. The maximum atomic E-state index is 13.5. The van der Waals surface area contributed by atoms with Gasteiger partial charge in [0.25, 0.3) is 5.91 Å². The molecule has 0 bridgehead atoms. The van der Waals surface area contributed by atoms with Gasteiger partial charge in [-0.15, -0.1) is 0 Å². The minimum atomic E-state index is -0.528. The summed E-state index contributed by atoms with van der Waals surface area (Å²) in [6.07, 6.45) is 4.57. The molecule has 1 fully saturated rings. The Hall–Kier alpha value is -3.29. The summed E-state index contributed by atoms with van der Waals surface area (Å²) < 4.78 is 13.3. The monoisotopic (exact) mass is 509 g/mol. The van der Waals surface area contributed by atoms with E-state index in [-0.39, 0.29) is 34.7 Å². The third-order valence-electron chi connectivity index (χ3n) is 6.75. The third-order valence-corrected chi connectivity index (χ3v) is 6.75. The van der Waals surface area contributed by atoms with E-state index in [0.29, 0.717) is 43.1 Å². The SMILES string of the molecule is CC(C)/C(=C/C(=N)c1ccc(F)cc1)c1ncc(C(=O)N2CCN(C(=O)CCC(C)(C)C)CC2(C)C)[nH]1. The standard InChI is InChI=1S/C29H40FN5O2/c1-19(2)22(16-23(31)20-8-10-21(30)11-9-20)26-32-17-24(33-26)27(37)35-15-14-34(18-29(35,6)7)25(36)12-13-28(3,4)5/h8-11,16-17,19,31H,12-15,18H2,1-7H3,(H,32,33)/b22-16-,31-23?. The molecular formula is C29H40FN5O2. The van der Waals surface area contributed by atoms with Crippen molar-refractivity contribution < 1.29 is 14.0 Å². The van der Waals surface area contributed by atoms with E-state index in [1.54, 1.807) is 23.1 Å². The molecule has 1 aromatic carbocycles. The highest BCUT2D eigenvalue weighted by atomic mass is 19.1. The van der Waals surface area contributed by atoms with Crippen LogP contribution in [-0.2, 0) is 4.79 Å². The van der Waals surface area contributed by atoms with Crippen LogP contribution in [0, 0.1) is 22.6 Å². The van der Waals surface area contributed by atoms with Crippen LogP contribution in [0.25, 0.3) is 5.57 Å². The molecule has 0 atom stereocenters. The van der Waals surface area contributed by atoms with E-state index in [1.165, 1.54) is 18.3 Å². The second-order valence-electron chi connectivity index (χ2n) is 12.0. The fourth-order valence-corrected chi connectivity index (χ4v) is 4.48. The highest BCUT2D eigenvalue weighted by molar-refractivity contribution is 6.10. The zero-order chi connectivity index (χ0) is 27.5. The molecule has 2 heterocycles. The van der Waals surface area contributed by atoms with Crippen LogP contribution in [0.2, 0.25) is 0 Å². The quantitative estimate of drug-likeness (QED) is 0.480. The maximum absolute atomic E-state index is 13.5. The van der Waals surface area contributed by atoms with Crippen LogP contribution in [-0.4, -0.2) is 62.5 Å². The molecule has 37 heavy (non-hydrogen) atoms. The normalized spacial score (nSPS) is 16.3. The number of carbonyl (C=O) groups excluding carboxylic acids is 2. The van der Waals surface area contributed by atoms with Crippen LogP contribution in [0.15, 0.2) is 36.5 Å². The Morgan fingerprint density at radius 3 is 2.41 bits per heavy atom. The number of nitrogens with zero attached hydrogens (tertiary/aromatic N) is 3. The third kappa shape index (κ3) is 7.14. The molecule has 0 aliphatic carbocycles. The van der Waals surface area contributed by atoms with Gasteiger partial charge in [0, 0.05) is 26.1 Å². The number of carbonyl (C=O) groups is 2. The molecule has 7 nitrogen and oxygen atoms in total. The summed E-state index contributed by atoms with van der Waals surface area (Å²) in [5.74, 6) is 0.182. The number of piperazine rings is 1. The Balaban J connectivity index is 1.74. The molecule has 0 spiro atoms. The van der Waals surface area contributed by atoms with Crippen molar-refractivity contribution in [1.29, 1.82) is 5.41 Å². The van der Waals surface area contributed by atoms with Crippen LogP contribution in [0.4, 0.5) is 4.39 Å². The Bertz CT molecular complexity index is 1170. The second kappa shape index (κ2) is 11.0. The maximum Gasteiger partial charge on any atom is 0.272 e. The number of aromatic amines is 1. The number of imidazole rings is 1. The van der Waals surface area contributed by atoms with Gasteiger partial charge in [-0.3, -0.25) is 9.59 Å². The molecule has 200 valence electrons. The first-order valence-electron chi connectivity index (χ1n) is 12.9. The largest absolute Gasteiger partial charge is 0.339 e. The van der Waals surface area contributed by atoms with Gasteiger partial charge in [0.15, 0.2) is 0 Å². The summed E-state index contributed by atoms with van der Waals surface area (Å²) in [6.45, 7) is 15.8. The topological polar surface area (TPSA) is 93.2 Å². The predicted octanol–water partition coefficient (Wildman–Crippen LogP) is 5.55. The molecule has 1 aliphatic rings. The highest BCUT2D eigenvalue weighted by Crippen LogP contribution is 2.27. The zero-order valence-corrected chi connectivity index (χ0v) is 23.1. The molecule has 1 saturated heterocycles. The lowest BCUT2D eigenvalue weighted by atomic mass is 9.90. The van der Waals surface area contributed by atoms with E-state index in [4.69, 9.17) is 5.41 Å². The number of hydrogen-bond donors (Lipinski definition) is 2. The second-order valence-corrected chi connectivity index (χ2v) is 12.0. The van der Waals surface area contributed by atoms with Crippen molar-refractivity contribution in [1.82, 2.24) is 19.8 Å². The number of H-pyrrole nitrogens is 1. The van der Waals surface area contributed by atoms with Crippen molar-refractivity contribution in [2.24, 2.45) is 11.3 Å². The number of benzene rings is 1. The lowest BCUT2D eigenvalue weighted by Gasteiger charge is -2.47. The van der Waals surface area contributed by atoms with Crippen molar-refractivity contribution in [3.8, 4) is 0 Å². The highest BCUT2D eigenvalue weighted by Gasteiger charge is 2.39. The van der Waals surface area contributed by atoms with E-state index >= 15 is 0 Å². The minimum Gasteiger partial charge on any atom is -0.339 e. The lowest BCUT2D eigenvalue weighted by Crippen LogP contribution is -2.62. The van der Waals surface area contributed by atoms with E-state index in [2.05, 4.69) is 30.7 Å². The van der Waals surface area contributed by atoms with Gasteiger partial charge in [0.1, 0.15) is 17.3 Å². The number of rotatable bonds is 7. The van der Waals surface area contributed by atoms with Gasteiger partial charge >= 0.3 is 0 Å². The smallest absolute Gasteiger partial charge is 0.272 e. The molecule has 3 rings (SSSR count). The van der Waals surface area contributed by atoms with Crippen molar-refractivity contribution in [3.63, 3.8) is 0 Å². The summed E-state index contributed by atoms with van der Waals surface area (Å²) in [7, 11) is 0. The predicted molar refractivity (Wildman–Crippen MR) is 145 cm³/mol. The summed E-state index contributed by atoms with van der Waals surface area (Å²) in [6, 6.07) is 5.80. The van der Waals surface area contributed by atoms with Crippen molar-refractivity contribution in [2.75, 3.05) is 19.6 Å². The molecule has 0 saturated carbocycles. The Kier molecular flexibility index (Phi) is 8.40. The Labute approximate surface area is 219 Å². The van der Waals surface area contributed by atoms with Gasteiger partial charge in [-0.2, -0.15) is 0 Å². The van der Waals surface area contributed by atoms with E-state index in [9.17, 15) is 14.0 Å². The zero-order valence-electron chi connectivity index (χ0n) is 23.1. The molecular weight excluding hydrogens is 469 g/mol. The molecule has 2 N–H and O–H groups in total. The summed E-state index contributed by atoms with van der Waals surface area (Å²) >= 11 is 0. The Morgan fingerprint density at radius 2 is 1.84 bits per heavy atom. The number of allylic oxidation sites excluding steroid dienone is 2. The Morgan fingerprint density at radius 1 is 1.19 bits per heavy atom. The lowest BCUT2D eigenvalue weighted by molar-refractivity contribution is -0.136. The van der Waals surface area contributed by atoms with Crippen LogP contribution < -0.4 is 0 Å². The van der Waals surface area contributed by atoms with E-state index in [0.717, 1.165) is 12.0 Å². The van der Waals surface area contributed by atoms with E-state index in [1.807, 2.05) is 32.6 Å². The van der Waals surface area contributed by atoms with Crippen LogP contribution >= 0.6 is 0 Å². The molecule has 8 heteroatoms. The number of nitrogens with one attached hydrogen (secondary N) is 2. The van der Waals surface area contributed by atoms with Crippen molar-refractivity contribution in [3.05, 3.63) is 59.4 Å². The molecule has 0 radical (unpaired) electrons. The molecule has 0 unspecified atom stereocenters. The minimum absolute atomic E-state index is 0.0361. The van der Waals surface area contributed by atoms with E-state index < -0.39 is 5.54 Å². The first-order valence-corrected chi connectivity index (χ1v) is 12.9. The van der Waals surface area contributed by atoms with Gasteiger partial charge < -0.3 is 20.2 Å². The van der Waals surface area contributed by atoms with Gasteiger partial charge in [0.2, 0.25) is 5.91 Å². The molecule has 1 aliphatic heterocycles. The van der Waals surface area contributed by atoms with Gasteiger partial charge in [-0.1, -0.05) is 34.6 Å². The first kappa shape index (κ1) is 28.3. The first-order chi connectivity index (χ1) is 17.2. The number of amides is 2. The summed E-state index contributed by atoms with van der Waals surface area (Å²) in [5.41, 5.74) is 1.55. The van der Waals surface area contributed by atoms with Crippen LogP contribution in [0.5, 0.6) is 0 Å². The molecule has 2 amide bonds. The molecule has 2 aromatic rings. The average molecular weight is 510 g/mol. The van der Waals surface area contributed by atoms with Gasteiger partial charge in [-0.05, 0) is 73.1 Å². The fourth-order valence-electron chi connectivity index (χ4n) is 4.48. The number of halogens is 1. The fraction of sp³-hybridized carbons (Fsp3) is 0.517.